The maximum absolute atomic E-state index is 5.42. The predicted octanol–water partition coefficient (Wildman–Crippen LogP) is 21.9. The Labute approximate surface area is 491 Å². The number of rotatable bonds is 14. The van der Waals surface area contributed by atoms with Crippen LogP contribution in [-0.2, 0) is 0 Å². The Hall–Kier alpha value is -11.2. The van der Waals surface area contributed by atoms with Crippen LogP contribution in [0.3, 0.4) is 0 Å². The average Bonchev–Trinajstić information content (AvgIpc) is 3.56. The lowest BCUT2D eigenvalue weighted by Crippen LogP contribution is -2.11. The summed E-state index contributed by atoms with van der Waals surface area (Å²) in [5, 5.41) is 0. The molecule has 0 aliphatic rings. The van der Waals surface area contributed by atoms with Crippen LogP contribution in [0.2, 0.25) is 0 Å². The highest BCUT2D eigenvalue weighted by atomic mass is 15.2. The molecule has 4 nitrogen and oxygen atoms in total. The summed E-state index contributed by atoms with van der Waals surface area (Å²) in [5.74, 6) is 0. The van der Waals surface area contributed by atoms with E-state index >= 15 is 0 Å². The molecule has 396 valence electrons. The second kappa shape index (κ2) is 23.1. The van der Waals surface area contributed by atoms with E-state index in [1.807, 2.05) is 24.3 Å². The molecule has 0 N–H and O–H groups in total. The predicted molar refractivity (Wildman–Crippen MR) is 352 cm³/mol. The number of aromatic nitrogens is 2. The zero-order valence-electron chi connectivity index (χ0n) is 46.1. The molecule has 0 aliphatic heterocycles. The van der Waals surface area contributed by atoms with Gasteiger partial charge < -0.3 is 9.80 Å². The van der Waals surface area contributed by atoms with E-state index < -0.39 is 0 Å². The van der Waals surface area contributed by atoms with Crippen LogP contribution in [0.4, 0.5) is 34.1 Å². The van der Waals surface area contributed by atoms with E-state index in [4.69, 9.17) is 9.97 Å². The summed E-state index contributed by atoms with van der Waals surface area (Å²) in [4.78, 5) is 15.6. The quantitative estimate of drug-likeness (QED) is 0.109. The van der Waals surface area contributed by atoms with E-state index in [2.05, 4.69) is 325 Å². The van der Waals surface area contributed by atoms with Crippen molar-refractivity contribution >= 4 is 45.2 Å². The van der Waals surface area contributed by atoms with Crippen LogP contribution in [-0.4, -0.2) is 9.97 Å². The fourth-order valence-electron chi connectivity index (χ4n) is 11.6. The first kappa shape index (κ1) is 51.0. The summed E-state index contributed by atoms with van der Waals surface area (Å²) in [5.41, 5.74) is 25.4. The van der Waals surface area contributed by atoms with Gasteiger partial charge in [-0.3, -0.25) is 0 Å². The van der Waals surface area contributed by atoms with Gasteiger partial charge in [-0.2, -0.15) is 0 Å². The minimum Gasteiger partial charge on any atom is -0.310 e. The SMILES string of the molecule is c1ccc(-c2ccc(N(c3ccc(-c4nc5ccccc5nc4-c4ccc(N(c5ccc(-c6ccccc6)cc5)c5ccccc5-c5ccccc5-c5ccccc5)cc4)cc3)c3ccccc3-c3ccccc3-c3ccccc3)cc2)cc1. The highest BCUT2D eigenvalue weighted by Crippen LogP contribution is 2.47. The van der Waals surface area contributed by atoms with Gasteiger partial charge in [0.25, 0.3) is 0 Å². The largest absolute Gasteiger partial charge is 0.310 e. The Morgan fingerprint density at radius 3 is 0.738 bits per heavy atom. The molecule has 13 aromatic carbocycles. The van der Waals surface area contributed by atoms with Gasteiger partial charge in [-0.1, -0.05) is 267 Å². The van der Waals surface area contributed by atoms with Crippen molar-refractivity contribution in [1.29, 1.82) is 0 Å². The van der Waals surface area contributed by atoms with E-state index in [0.29, 0.717) is 0 Å². The minimum absolute atomic E-state index is 0.806. The zero-order valence-corrected chi connectivity index (χ0v) is 46.1. The maximum atomic E-state index is 5.42. The smallest absolute Gasteiger partial charge is 0.0973 e. The zero-order chi connectivity index (χ0) is 56.0. The summed E-state index contributed by atoms with van der Waals surface area (Å²) in [7, 11) is 0. The molecule has 0 bridgehead atoms. The van der Waals surface area contributed by atoms with Crippen LogP contribution >= 0.6 is 0 Å². The van der Waals surface area contributed by atoms with Crippen molar-refractivity contribution in [3.63, 3.8) is 0 Å². The number of hydrogen-bond acceptors (Lipinski definition) is 4. The molecular weight excluding hydrogens is 1020 g/mol. The molecule has 0 saturated carbocycles. The van der Waals surface area contributed by atoms with Crippen molar-refractivity contribution in [2.75, 3.05) is 9.80 Å². The van der Waals surface area contributed by atoms with Crippen molar-refractivity contribution < 1.29 is 0 Å². The Bertz CT molecular complexity index is 4250. The number of para-hydroxylation sites is 4. The van der Waals surface area contributed by atoms with Gasteiger partial charge in [-0.05, 0) is 128 Å². The van der Waals surface area contributed by atoms with E-state index in [1.54, 1.807) is 0 Å². The highest BCUT2D eigenvalue weighted by molar-refractivity contribution is 5.97. The van der Waals surface area contributed by atoms with Crippen molar-refractivity contribution in [3.05, 3.63) is 340 Å². The molecule has 0 atom stereocenters. The number of hydrogen-bond donors (Lipinski definition) is 0. The summed E-state index contributed by atoms with van der Waals surface area (Å²) in [6.07, 6.45) is 0. The van der Waals surface area contributed by atoms with Gasteiger partial charge in [-0.15, -0.1) is 0 Å². The standard InChI is InChI=1S/C80H56N4/c1-5-23-57(24-6-1)59-41-49-65(50-42-59)83(77-39-21-17-35-73(77)71-33-15-13-31-69(71)61-27-9-3-10-28-61)67-53-45-63(46-54-67)79-80(82-76-38-20-19-37-75(76)81-79)64-47-55-68(56-48-64)84(66-51-43-60(44-52-66)58-25-7-2-8-26-58)78-40-22-18-36-74(78)72-34-16-14-32-70(72)62-29-11-4-12-30-62/h1-56H. The summed E-state index contributed by atoms with van der Waals surface area (Å²) in [6.45, 7) is 0. The van der Waals surface area contributed by atoms with Crippen molar-refractivity contribution in [3.8, 4) is 89.3 Å². The van der Waals surface area contributed by atoms with Crippen molar-refractivity contribution in [1.82, 2.24) is 9.97 Å². The molecular formula is C80H56N4. The summed E-state index contributed by atoms with van der Waals surface area (Å²) < 4.78 is 0. The first-order chi connectivity index (χ1) is 41.7. The first-order valence-electron chi connectivity index (χ1n) is 28.6. The Kier molecular flexibility index (Phi) is 14.0. The normalized spacial score (nSPS) is 11.1. The lowest BCUT2D eigenvalue weighted by molar-refractivity contribution is 1.26. The summed E-state index contributed by atoms with van der Waals surface area (Å²) in [6, 6.07) is 121. The lowest BCUT2D eigenvalue weighted by atomic mass is 9.93. The van der Waals surface area contributed by atoms with Crippen LogP contribution < -0.4 is 9.80 Å². The van der Waals surface area contributed by atoms with Crippen LogP contribution in [0.15, 0.2) is 340 Å². The molecule has 0 radical (unpaired) electrons. The Morgan fingerprint density at radius 2 is 0.405 bits per heavy atom. The van der Waals surface area contributed by atoms with Gasteiger partial charge in [0.1, 0.15) is 0 Å². The molecule has 4 heteroatoms. The lowest BCUT2D eigenvalue weighted by Gasteiger charge is -2.29. The number of nitrogens with zero attached hydrogens (tertiary/aromatic N) is 4. The van der Waals surface area contributed by atoms with Crippen LogP contribution in [0.1, 0.15) is 0 Å². The summed E-state index contributed by atoms with van der Waals surface area (Å²) >= 11 is 0. The van der Waals surface area contributed by atoms with Gasteiger partial charge in [0.2, 0.25) is 0 Å². The van der Waals surface area contributed by atoms with Crippen molar-refractivity contribution in [2.45, 2.75) is 0 Å². The fourth-order valence-corrected chi connectivity index (χ4v) is 11.6. The molecule has 0 saturated heterocycles. The van der Waals surface area contributed by atoms with E-state index in [-0.39, 0.29) is 0 Å². The third-order valence-electron chi connectivity index (χ3n) is 15.7. The Balaban J connectivity index is 0.873. The third-order valence-corrected chi connectivity index (χ3v) is 15.7. The molecule has 14 aromatic rings. The number of benzene rings is 13. The second-order valence-corrected chi connectivity index (χ2v) is 20.9. The van der Waals surface area contributed by atoms with Gasteiger partial charge in [0.05, 0.1) is 33.8 Å². The third kappa shape index (κ3) is 10.2. The Morgan fingerprint density at radius 1 is 0.167 bits per heavy atom. The average molecular weight is 1070 g/mol. The van der Waals surface area contributed by atoms with Gasteiger partial charge in [0, 0.05) is 45.0 Å². The topological polar surface area (TPSA) is 32.3 Å². The molecule has 0 spiro atoms. The molecule has 0 fully saturated rings. The van der Waals surface area contributed by atoms with E-state index in [0.717, 1.165) is 101 Å². The molecule has 0 amide bonds. The minimum atomic E-state index is 0.806. The maximum Gasteiger partial charge on any atom is 0.0973 e. The van der Waals surface area contributed by atoms with E-state index in [9.17, 15) is 0 Å². The first-order valence-corrected chi connectivity index (χ1v) is 28.6. The monoisotopic (exact) mass is 1070 g/mol. The van der Waals surface area contributed by atoms with E-state index in [1.165, 1.54) is 33.4 Å². The molecule has 1 heterocycles. The second-order valence-electron chi connectivity index (χ2n) is 20.9. The van der Waals surface area contributed by atoms with Crippen LogP contribution in [0.5, 0.6) is 0 Å². The highest BCUT2D eigenvalue weighted by Gasteiger charge is 2.23. The molecule has 84 heavy (non-hydrogen) atoms. The van der Waals surface area contributed by atoms with Gasteiger partial charge >= 0.3 is 0 Å². The van der Waals surface area contributed by atoms with Crippen LogP contribution in [0.25, 0.3) is 100 Å². The van der Waals surface area contributed by atoms with Gasteiger partial charge in [-0.25, -0.2) is 9.97 Å². The van der Waals surface area contributed by atoms with Gasteiger partial charge in [0.15, 0.2) is 0 Å². The van der Waals surface area contributed by atoms with Crippen LogP contribution in [0, 0.1) is 0 Å². The number of fused-ring (bicyclic) bond motifs is 1. The molecule has 14 rings (SSSR count). The molecule has 1 aromatic heterocycles. The fraction of sp³-hybridized carbons (Fsp3) is 0. The molecule has 0 unspecified atom stereocenters. The molecule has 0 aliphatic carbocycles. The number of anilines is 6. The van der Waals surface area contributed by atoms with Crippen molar-refractivity contribution in [2.24, 2.45) is 0 Å².